The molecule has 2 atom stereocenters. The average Bonchev–Trinajstić information content (AvgIpc) is 2.34. The van der Waals surface area contributed by atoms with E-state index in [4.69, 9.17) is 0 Å². The number of hydrogen-bond donors (Lipinski definition) is 3. The van der Waals surface area contributed by atoms with Crippen LogP contribution in [0.5, 0.6) is 0 Å². The van der Waals surface area contributed by atoms with Gasteiger partial charge in [0, 0.05) is 12.2 Å². The van der Waals surface area contributed by atoms with Gasteiger partial charge in [-0.2, -0.15) is 0 Å². The number of nitrogens with one attached hydrogen (secondary N) is 2. The Morgan fingerprint density at radius 1 is 1.50 bits per heavy atom. The predicted octanol–water partition coefficient (Wildman–Crippen LogP) is 0.820. The van der Waals surface area contributed by atoms with Gasteiger partial charge in [0.25, 0.3) is 11.5 Å². The number of aliphatic hydroxyl groups excluding tert-OH is 1. The molecule has 0 radical (unpaired) electrons. The van der Waals surface area contributed by atoms with Crippen molar-refractivity contribution >= 4 is 5.91 Å². The molecular weight excluding hydrogens is 232 g/mol. The molecular formula is C13H20N2O3. The normalized spacial score (nSPS) is 14.0. The van der Waals surface area contributed by atoms with Crippen LogP contribution in [-0.4, -0.2) is 28.6 Å². The highest BCUT2D eigenvalue weighted by Crippen LogP contribution is 2.06. The number of aromatic nitrogens is 1. The highest BCUT2D eigenvalue weighted by molar-refractivity contribution is 5.93. The molecule has 1 rings (SSSR count). The third-order valence-corrected chi connectivity index (χ3v) is 3.07. The van der Waals surface area contributed by atoms with E-state index < -0.39 is 17.6 Å². The SMILES string of the molecule is CCC(C)C(O)CNC(=O)c1ccc(C)[nH]c1=O. The zero-order valence-corrected chi connectivity index (χ0v) is 11.0. The standard InChI is InChI=1S/C13H20N2O3/c1-4-8(2)11(16)7-14-12(17)10-6-5-9(3)15-13(10)18/h5-6,8,11,16H,4,7H2,1-3H3,(H,14,17)(H,15,18). The highest BCUT2D eigenvalue weighted by Gasteiger charge is 2.15. The molecule has 0 aliphatic heterocycles. The van der Waals surface area contributed by atoms with E-state index in [2.05, 4.69) is 10.3 Å². The smallest absolute Gasteiger partial charge is 0.260 e. The molecule has 1 aromatic rings. The molecule has 100 valence electrons. The van der Waals surface area contributed by atoms with Crippen LogP contribution in [0, 0.1) is 12.8 Å². The Labute approximate surface area is 106 Å². The second-order valence-electron chi connectivity index (χ2n) is 4.55. The molecule has 0 aliphatic carbocycles. The molecule has 1 heterocycles. The van der Waals surface area contributed by atoms with Gasteiger partial charge in [-0.15, -0.1) is 0 Å². The number of aryl methyl sites for hydroxylation is 1. The Morgan fingerprint density at radius 3 is 2.72 bits per heavy atom. The number of aromatic amines is 1. The quantitative estimate of drug-likeness (QED) is 0.725. The van der Waals surface area contributed by atoms with Crippen molar-refractivity contribution in [3.05, 3.63) is 33.7 Å². The van der Waals surface area contributed by atoms with Gasteiger partial charge in [-0.1, -0.05) is 20.3 Å². The first-order chi connectivity index (χ1) is 8.45. The summed E-state index contributed by atoms with van der Waals surface area (Å²) in [4.78, 5) is 25.8. The van der Waals surface area contributed by atoms with E-state index in [9.17, 15) is 14.7 Å². The third kappa shape index (κ3) is 3.70. The number of pyridine rings is 1. The van der Waals surface area contributed by atoms with E-state index in [-0.39, 0.29) is 18.0 Å². The molecule has 0 fully saturated rings. The maximum absolute atomic E-state index is 11.7. The topological polar surface area (TPSA) is 82.2 Å². The molecule has 5 nitrogen and oxygen atoms in total. The molecule has 1 amide bonds. The summed E-state index contributed by atoms with van der Waals surface area (Å²) in [6.07, 6.45) is 0.241. The molecule has 1 aromatic heterocycles. The summed E-state index contributed by atoms with van der Waals surface area (Å²) in [5.74, 6) is -0.347. The van der Waals surface area contributed by atoms with Gasteiger partial charge in [-0.05, 0) is 25.0 Å². The van der Waals surface area contributed by atoms with Gasteiger partial charge >= 0.3 is 0 Å². The summed E-state index contributed by atoms with van der Waals surface area (Å²) in [7, 11) is 0. The van der Waals surface area contributed by atoms with Crippen LogP contribution in [0.4, 0.5) is 0 Å². The Hall–Kier alpha value is -1.62. The summed E-state index contributed by atoms with van der Waals surface area (Å²) in [6, 6.07) is 3.15. The van der Waals surface area contributed by atoms with Crippen molar-refractivity contribution < 1.29 is 9.90 Å². The van der Waals surface area contributed by atoms with Gasteiger partial charge in [0.05, 0.1) is 6.10 Å². The van der Waals surface area contributed by atoms with Crippen LogP contribution in [0.2, 0.25) is 0 Å². The van der Waals surface area contributed by atoms with Crippen molar-refractivity contribution in [3.8, 4) is 0 Å². The lowest BCUT2D eigenvalue weighted by Crippen LogP contribution is -2.37. The van der Waals surface area contributed by atoms with E-state index in [1.807, 2.05) is 13.8 Å². The monoisotopic (exact) mass is 252 g/mol. The molecule has 0 aromatic carbocycles. The second-order valence-corrected chi connectivity index (χ2v) is 4.55. The molecule has 3 N–H and O–H groups in total. The number of rotatable bonds is 5. The van der Waals surface area contributed by atoms with Crippen LogP contribution in [0.3, 0.4) is 0 Å². The molecule has 0 saturated heterocycles. The van der Waals surface area contributed by atoms with Crippen molar-refractivity contribution in [2.24, 2.45) is 5.92 Å². The van der Waals surface area contributed by atoms with Crippen LogP contribution >= 0.6 is 0 Å². The first-order valence-corrected chi connectivity index (χ1v) is 6.11. The van der Waals surface area contributed by atoms with Crippen LogP contribution in [0.1, 0.15) is 36.3 Å². The summed E-state index contributed by atoms with van der Waals surface area (Å²) in [6.45, 7) is 5.78. The van der Waals surface area contributed by atoms with Gasteiger partial charge in [0.2, 0.25) is 0 Å². The largest absolute Gasteiger partial charge is 0.391 e. The molecule has 0 saturated carbocycles. The summed E-state index contributed by atoms with van der Waals surface area (Å²) in [5, 5.41) is 12.3. The van der Waals surface area contributed by atoms with Crippen molar-refractivity contribution in [2.75, 3.05) is 6.54 Å². The van der Waals surface area contributed by atoms with E-state index in [0.717, 1.165) is 6.42 Å². The fraction of sp³-hybridized carbons (Fsp3) is 0.538. The number of amides is 1. The number of carbonyl (C=O) groups is 1. The second kappa shape index (κ2) is 6.35. The van der Waals surface area contributed by atoms with Gasteiger partial charge in [-0.25, -0.2) is 0 Å². The molecule has 2 unspecified atom stereocenters. The zero-order chi connectivity index (χ0) is 13.7. The van der Waals surface area contributed by atoms with E-state index in [0.29, 0.717) is 5.69 Å². The van der Waals surface area contributed by atoms with E-state index in [1.54, 1.807) is 13.0 Å². The molecule has 0 spiro atoms. The molecule has 5 heteroatoms. The number of H-pyrrole nitrogens is 1. The number of aliphatic hydroxyl groups is 1. The van der Waals surface area contributed by atoms with Gasteiger partial charge < -0.3 is 15.4 Å². The summed E-state index contributed by atoms with van der Waals surface area (Å²) < 4.78 is 0. The van der Waals surface area contributed by atoms with Crippen molar-refractivity contribution in [2.45, 2.75) is 33.3 Å². The molecule has 0 aliphatic rings. The Bertz CT molecular complexity index is 468. The minimum atomic E-state index is -0.594. The highest BCUT2D eigenvalue weighted by atomic mass is 16.3. The Morgan fingerprint density at radius 2 is 2.17 bits per heavy atom. The fourth-order valence-corrected chi connectivity index (χ4v) is 1.52. The van der Waals surface area contributed by atoms with Crippen LogP contribution in [-0.2, 0) is 0 Å². The van der Waals surface area contributed by atoms with Crippen molar-refractivity contribution in [1.82, 2.24) is 10.3 Å². The van der Waals surface area contributed by atoms with Crippen molar-refractivity contribution in [1.29, 1.82) is 0 Å². The van der Waals surface area contributed by atoms with Crippen LogP contribution < -0.4 is 10.9 Å². The fourth-order valence-electron chi connectivity index (χ4n) is 1.52. The molecule has 18 heavy (non-hydrogen) atoms. The average molecular weight is 252 g/mol. The van der Waals surface area contributed by atoms with Gasteiger partial charge in [0.1, 0.15) is 5.56 Å². The van der Waals surface area contributed by atoms with Gasteiger partial charge in [-0.3, -0.25) is 9.59 Å². The number of carbonyl (C=O) groups excluding carboxylic acids is 1. The lowest BCUT2D eigenvalue weighted by atomic mass is 10.0. The minimum absolute atomic E-state index is 0.0666. The van der Waals surface area contributed by atoms with Crippen LogP contribution in [0.15, 0.2) is 16.9 Å². The van der Waals surface area contributed by atoms with E-state index in [1.165, 1.54) is 6.07 Å². The lowest BCUT2D eigenvalue weighted by molar-refractivity contribution is 0.0849. The predicted molar refractivity (Wildman–Crippen MR) is 69.6 cm³/mol. The zero-order valence-electron chi connectivity index (χ0n) is 11.0. The first-order valence-electron chi connectivity index (χ1n) is 6.11. The minimum Gasteiger partial charge on any atom is -0.391 e. The first kappa shape index (κ1) is 14.4. The molecule has 0 bridgehead atoms. The van der Waals surface area contributed by atoms with Gasteiger partial charge in [0.15, 0.2) is 0 Å². The Balaban J connectivity index is 2.63. The maximum atomic E-state index is 11.7. The Kier molecular flexibility index (Phi) is 5.09. The van der Waals surface area contributed by atoms with E-state index >= 15 is 0 Å². The maximum Gasteiger partial charge on any atom is 0.260 e. The third-order valence-electron chi connectivity index (χ3n) is 3.07. The van der Waals surface area contributed by atoms with Crippen LogP contribution in [0.25, 0.3) is 0 Å². The lowest BCUT2D eigenvalue weighted by Gasteiger charge is -2.17. The van der Waals surface area contributed by atoms with Crippen molar-refractivity contribution in [3.63, 3.8) is 0 Å². The summed E-state index contributed by atoms with van der Waals surface area (Å²) in [5.41, 5.74) is 0.360. The number of hydrogen-bond acceptors (Lipinski definition) is 3. The summed E-state index contributed by atoms with van der Waals surface area (Å²) >= 11 is 0.